The molecule has 9 heteroatoms. The number of esters is 1. The Kier molecular flexibility index (Phi) is 7.82. The van der Waals surface area contributed by atoms with Gasteiger partial charge in [-0.3, -0.25) is 4.79 Å². The predicted octanol–water partition coefficient (Wildman–Crippen LogP) is 1.98. The number of nitrogens with one attached hydrogen (secondary N) is 1. The fraction of sp³-hybridized carbons (Fsp3) is 0.346. The largest absolute Gasteiger partial charge is 0.478 e. The standard InChI is InChI=1S/C26H31NO7Si/c1-17(28)27-22-20(16-21(25(31)32-5)33-23(22)24(29)30)34-35(26(2,3)4,18-12-8-6-9-13-18)19-14-10-7-11-15-19/h6-16,20,22-23H,1-5H3,(H,27,28)(H,29,30)/t20-,22-,23+/m0/s1. The number of carbonyl (C=O) groups excluding carboxylic acids is 2. The van der Waals surface area contributed by atoms with E-state index in [0.717, 1.165) is 10.4 Å². The number of carboxylic acids is 1. The third-order valence-corrected chi connectivity index (χ3v) is 11.0. The molecule has 2 aromatic rings. The smallest absolute Gasteiger partial charge is 0.373 e. The van der Waals surface area contributed by atoms with Crippen LogP contribution in [-0.2, 0) is 28.3 Å². The van der Waals surface area contributed by atoms with E-state index in [1.165, 1.54) is 20.1 Å². The first kappa shape index (κ1) is 26.2. The molecule has 0 unspecified atom stereocenters. The van der Waals surface area contributed by atoms with Crippen LogP contribution in [0.15, 0.2) is 72.5 Å². The average Bonchev–Trinajstić information content (AvgIpc) is 2.82. The quantitative estimate of drug-likeness (QED) is 0.444. The van der Waals surface area contributed by atoms with E-state index in [0.29, 0.717) is 0 Å². The Labute approximate surface area is 206 Å². The Morgan fingerprint density at radius 1 is 0.971 bits per heavy atom. The minimum absolute atomic E-state index is 0.274. The number of hydrogen-bond donors (Lipinski definition) is 2. The third-order valence-electron chi connectivity index (χ3n) is 5.98. The summed E-state index contributed by atoms with van der Waals surface area (Å²) in [5, 5.41) is 14.1. The van der Waals surface area contributed by atoms with E-state index in [1.807, 2.05) is 60.7 Å². The van der Waals surface area contributed by atoms with Gasteiger partial charge in [0.2, 0.25) is 17.8 Å². The van der Waals surface area contributed by atoms with Crippen LogP contribution >= 0.6 is 0 Å². The Morgan fingerprint density at radius 2 is 1.49 bits per heavy atom. The first-order valence-corrected chi connectivity index (χ1v) is 13.2. The van der Waals surface area contributed by atoms with Crippen molar-refractivity contribution in [3.8, 4) is 0 Å². The molecule has 0 aromatic heterocycles. The number of aliphatic carboxylic acids is 1. The van der Waals surface area contributed by atoms with Gasteiger partial charge >= 0.3 is 11.9 Å². The van der Waals surface area contributed by atoms with Crippen LogP contribution in [0.3, 0.4) is 0 Å². The molecule has 0 fully saturated rings. The second-order valence-electron chi connectivity index (χ2n) is 9.37. The molecule has 0 saturated heterocycles. The number of carbonyl (C=O) groups is 3. The van der Waals surface area contributed by atoms with E-state index < -0.39 is 49.5 Å². The van der Waals surface area contributed by atoms with E-state index >= 15 is 0 Å². The molecule has 3 atom stereocenters. The third kappa shape index (κ3) is 5.31. The summed E-state index contributed by atoms with van der Waals surface area (Å²) in [6.07, 6.45) is -1.14. The number of hydrogen-bond acceptors (Lipinski definition) is 6. The predicted molar refractivity (Wildman–Crippen MR) is 133 cm³/mol. The highest BCUT2D eigenvalue weighted by atomic mass is 28.4. The molecule has 0 saturated carbocycles. The lowest BCUT2D eigenvalue weighted by molar-refractivity contribution is -0.157. The van der Waals surface area contributed by atoms with Gasteiger partial charge in [0, 0.05) is 6.92 Å². The first-order chi connectivity index (χ1) is 16.5. The minimum Gasteiger partial charge on any atom is -0.478 e. The van der Waals surface area contributed by atoms with Crippen molar-refractivity contribution < 1.29 is 33.4 Å². The lowest BCUT2D eigenvalue weighted by atomic mass is 10.0. The lowest BCUT2D eigenvalue weighted by Crippen LogP contribution is -2.70. The number of methoxy groups -OCH3 is 1. The van der Waals surface area contributed by atoms with Crippen LogP contribution in [0.5, 0.6) is 0 Å². The number of ether oxygens (including phenoxy) is 2. The minimum atomic E-state index is -3.16. The zero-order valence-corrected chi connectivity index (χ0v) is 21.5. The van der Waals surface area contributed by atoms with Crippen molar-refractivity contribution in [2.45, 2.75) is 51.0 Å². The van der Waals surface area contributed by atoms with Crippen LogP contribution in [0.4, 0.5) is 0 Å². The molecule has 3 rings (SSSR count). The summed E-state index contributed by atoms with van der Waals surface area (Å²) in [6.45, 7) is 7.51. The Balaban J connectivity index is 2.28. The van der Waals surface area contributed by atoms with Crippen molar-refractivity contribution in [1.29, 1.82) is 0 Å². The summed E-state index contributed by atoms with van der Waals surface area (Å²) in [5.41, 5.74) is 0. The fourth-order valence-corrected chi connectivity index (χ4v) is 9.13. The van der Waals surface area contributed by atoms with E-state index in [2.05, 4.69) is 26.1 Å². The molecule has 186 valence electrons. The van der Waals surface area contributed by atoms with Crippen molar-refractivity contribution in [1.82, 2.24) is 5.32 Å². The van der Waals surface area contributed by atoms with Gasteiger partial charge in [-0.25, -0.2) is 9.59 Å². The van der Waals surface area contributed by atoms with Crippen molar-refractivity contribution in [2.24, 2.45) is 0 Å². The second kappa shape index (κ2) is 10.5. The second-order valence-corrected chi connectivity index (χ2v) is 13.6. The van der Waals surface area contributed by atoms with Crippen LogP contribution in [0.1, 0.15) is 27.7 Å². The van der Waals surface area contributed by atoms with Gasteiger partial charge in [0.05, 0.1) is 13.2 Å². The molecule has 35 heavy (non-hydrogen) atoms. The normalized spacial score (nSPS) is 20.3. The highest BCUT2D eigenvalue weighted by Gasteiger charge is 2.54. The summed E-state index contributed by atoms with van der Waals surface area (Å²) in [6, 6.07) is 18.5. The SMILES string of the molecule is COC(=O)C1=C[C@H](O[Si](c2ccccc2)(c2ccccc2)C(C)(C)C)[C@H](NC(C)=O)[C@H](C(=O)O)O1. The maximum atomic E-state index is 12.4. The summed E-state index contributed by atoms with van der Waals surface area (Å²) in [4.78, 5) is 36.6. The van der Waals surface area contributed by atoms with Crippen molar-refractivity contribution in [3.63, 3.8) is 0 Å². The molecule has 0 spiro atoms. The van der Waals surface area contributed by atoms with Crippen LogP contribution in [0.2, 0.25) is 5.04 Å². The number of benzene rings is 2. The van der Waals surface area contributed by atoms with Crippen molar-refractivity contribution in [2.75, 3.05) is 7.11 Å². The maximum absolute atomic E-state index is 12.4. The molecule has 2 aromatic carbocycles. The molecule has 1 amide bonds. The lowest BCUT2D eigenvalue weighted by Gasteiger charge is -2.47. The Hall–Kier alpha value is -3.43. The number of rotatable bonds is 7. The molecular formula is C26H31NO7Si. The van der Waals surface area contributed by atoms with Gasteiger partial charge in [-0.05, 0) is 21.5 Å². The van der Waals surface area contributed by atoms with Gasteiger partial charge < -0.3 is 24.3 Å². The molecule has 2 N–H and O–H groups in total. The summed E-state index contributed by atoms with van der Waals surface area (Å²) in [7, 11) is -1.98. The average molecular weight is 498 g/mol. The highest BCUT2D eigenvalue weighted by molar-refractivity contribution is 6.99. The zero-order valence-electron chi connectivity index (χ0n) is 20.5. The summed E-state index contributed by atoms with van der Waals surface area (Å²) < 4.78 is 17.3. The van der Waals surface area contributed by atoms with Crippen LogP contribution in [0.25, 0.3) is 0 Å². The molecular weight excluding hydrogens is 466 g/mol. The molecule has 1 heterocycles. The van der Waals surface area contributed by atoms with Crippen LogP contribution < -0.4 is 15.7 Å². The van der Waals surface area contributed by atoms with Gasteiger partial charge in [-0.1, -0.05) is 81.4 Å². The topological polar surface area (TPSA) is 111 Å². The van der Waals surface area contributed by atoms with E-state index in [9.17, 15) is 19.5 Å². The van der Waals surface area contributed by atoms with E-state index in [1.54, 1.807) is 0 Å². The van der Waals surface area contributed by atoms with Gasteiger partial charge in [-0.2, -0.15) is 0 Å². The molecule has 8 nitrogen and oxygen atoms in total. The van der Waals surface area contributed by atoms with Gasteiger partial charge in [0.15, 0.2) is 0 Å². The van der Waals surface area contributed by atoms with Gasteiger partial charge in [0.25, 0.3) is 8.32 Å². The molecule has 0 bridgehead atoms. The first-order valence-electron chi connectivity index (χ1n) is 11.3. The monoisotopic (exact) mass is 497 g/mol. The zero-order chi connectivity index (χ0) is 25.8. The van der Waals surface area contributed by atoms with Gasteiger partial charge in [0.1, 0.15) is 6.04 Å². The number of amides is 1. The fourth-order valence-electron chi connectivity index (χ4n) is 4.49. The highest BCUT2D eigenvalue weighted by Crippen LogP contribution is 2.39. The van der Waals surface area contributed by atoms with Crippen molar-refractivity contribution in [3.05, 3.63) is 72.5 Å². The van der Waals surface area contributed by atoms with Crippen LogP contribution in [0, 0.1) is 0 Å². The van der Waals surface area contributed by atoms with Crippen molar-refractivity contribution >= 4 is 36.5 Å². The van der Waals surface area contributed by atoms with E-state index in [-0.39, 0.29) is 5.76 Å². The maximum Gasteiger partial charge on any atom is 0.373 e. The van der Waals surface area contributed by atoms with E-state index in [4.69, 9.17) is 13.9 Å². The summed E-state index contributed by atoms with van der Waals surface area (Å²) >= 11 is 0. The van der Waals surface area contributed by atoms with Gasteiger partial charge in [-0.15, -0.1) is 0 Å². The molecule has 0 aliphatic carbocycles. The Bertz CT molecular complexity index is 1060. The van der Waals surface area contributed by atoms with Crippen LogP contribution in [-0.4, -0.2) is 56.6 Å². The molecule has 0 radical (unpaired) electrons. The molecule has 1 aliphatic rings. The Morgan fingerprint density at radius 3 is 1.89 bits per heavy atom. The summed E-state index contributed by atoms with van der Waals surface area (Å²) in [5.74, 6) is -2.89. The molecule has 1 aliphatic heterocycles. The number of carboxylic acid groups (broad SMARTS) is 1.